The van der Waals surface area contributed by atoms with Crippen LogP contribution in [0.4, 0.5) is 13.2 Å². The molecule has 29 heavy (non-hydrogen) atoms. The minimum absolute atomic E-state index is 0.0874. The van der Waals surface area contributed by atoms with E-state index in [2.05, 4.69) is 14.9 Å². The van der Waals surface area contributed by atoms with Gasteiger partial charge in [-0.3, -0.25) is 4.79 Å². The van der Waals surface area contributed by atoms with Gasteiger partial charge in [0.2, 0.25) is 0 Å². The summed E-state index contributed by atoms with van der Waals surface area (Å²) in [5, 5.41) is 16.1. The average Bonchev–Trinajstić information content (AvgIpc) is 3.15. The summed E-state index contributed by atoms with van der Waals surface area (Å²) in [5.74, 6) is -0.777. The maximum atomic E-state index is 12.5. The topological polar surface area (TPSA) is 94.0 Å². The van der Waals surface area contributed by atoms with Crippen molar-refractivity contribution in [3.05, 3.63) is 42.1 Å². The summed E-state index contributed by atoms with van der Waals surface area (Å²) in [6.07, 6.45) is -3.96. The first kappa shape index (κ1) is 20.6. The molecule has 3 rings (SSSR count). The number of ether oxygens (including phenoxy) is 3. The fraction of sp³-hybridized carbons (Fsp3) is 0.389. The van der Waals surface area contributed by atoms with E-state index in [0.29, 0.717) is 18.7 Å². The summed E-state index contributed by atoms with van der Waals surface area (Å²) in [5.41, 5.74) is 0.723. The zero-order valence-corrected chi connectivity index (χ0v) is 15.1. The first-order valence-electron chi connectivity index (χ1n) is 8.68. The highest BCUT2D eigenvalue weighted by Gasteiger charge is 2.34. The molecule has 1 aromatic carbocycles. The molecule has 2 heterocycles. The molecule has 0 radical (unpaired) electrons. The van der Waals surface area contributed by atoms with Crippen LogP contribution in [0.15, 0.2) is 36.5 Å². The van der Waals surface area contributed by atoms with Crippen molar-refractivity contribution in [2.45, 2.75) is 25.5 Å². The maximum absolute atomic E-state index is 12.5. The molecule has 11 heteroatoms. The lowest BCUT2D eigenvalue weighted by atomic mass is 10.2. The van der Waals surface area contributed by atoms with Gasteiger partial charge in [-0.25, -0.2) is 0 Å². The Balaban J connectivity index is 1.51. The van der Waals surface area contributed by atoms with Crippen LogP contribution in [-0.2, 0) is 11.4 Å². The fourth-order valence-electron chi connectivity index (χ4n) is 2.73. The predicted molar refractivity (Wildman–Crippen MR) is 92.2 cm³/mol. The van der Waals surface area contributed by atoms with E-state index in [9.17, 15) is 18.0 Å². The van der Waals surface area contributed by atoms with Crippen molar-refractivity contribution >= 4 is 5.91 Å². The molecule has 0 spiro atoms. The van der Waals surface area contributed by atoms with Crippen molar-refractivity contribution in [1.29, 1.82) is 0 Å². The molecule has 1 atom stereocenters. The molecule has 8 nitrogen and oxygen atoms in total. The Morgan fingerprint density at radius 1 is 1.24 bits per heavy atom. The smallest absolute Gasteiger partial charge is 0.484 e. The van der Waals surface area contributed by atoms with E-state index in [4.69, 9.17) is 14.6 Å². The molecule has 1 saturated heterocycles. The highest BCUT2D eigenvalue weighted by atomic mass is 19.4. The quantitative estimate of drug-likeness (QED) is 0.741. The van der Waals surface area contributed by atoms with Crippen LogP contribution in [0.3, 0.4) is 0 Å². The molecular formula is C18H18F3N3O5. The molecule has 1 aliphatic heterocycles. The van der Waals surface area contributed by atoms with E-state index in [1.807, 2.05) is 0 Å². The summed E-state index contributed by atoms with van der Waals surface area (Å²) in [4.78, 5) is 13.8. The number of carbonyl (C=O) groups excluding carboxylic acids is 1. The van der Waals surface area contributed by atoms with Gasteiger partial charge in [-0.15, -0.1) is 18.3 Å². The van der Waals surface area contributed by atoms with Crippen molar-refractivity contribution < 1.29 is 37.3 Å². The highest BCUT2D eigenvalue weighted by molar-refractivity contribution is 5.78. The number of rotatable bonds is 7. The number of alkyl halides is 3. The van der Waals surface area contributed by atoms with Crippen molar-refractivity contribution in [3.63, 3.8) is 0 Å². The Bertz CT molecular complexity index is 832. The van der Waals surface area contributed by atoms with E-state index in [1.54, 1.807) is 24.3 Å². The van der Waals surface area contributed by atoms with Gasteiger partial charge in [0.25, 0.3) is 11.8 Å². The van der Waals surface area contributed by atoms with Crippen molar-refractivity contribution in [2.75, 3.05) is 19.7 Å². The minimum Gasteiger partial charge on any atom is -0.484 e. The van der Waals surface area contributed by atoms with Crippen LogP contribution in [0, 0.1) is 0 Å². The molecule has 1 fully saturated rings. The summed E-state index contributed by atoms with van der Waals surface area (Å²) in [6.45, 7) is 0.258. The Kier molecular flexibility index (Phi) is 6.37. The van der Waals surface area contributed by atoms with Crippen molar-refractivity contribution in [1.82, 2.24) is 15.1 Å². The third kappa shape index (κ3) is 5.95. The van der Waals surface area contributed by atoms with Crippen LogP contribution in [0.1, 0.15) is 12.0 Å². The first-order chi connectivity index (χ1) is 13.8. The van der Waals surface area contributed by atoms with E-state index >= 15 is 0 Å². The molecule has 1 unspecified atom stereocenters. The number of hydrogen-bond acceptors (Lipinski definition) is 7. The SMILES string of the molecule is O=C(COc1ccc(CO)cc1)N1CCC(Oc2nnccc2OC(F)(F)F)C1. The van der Waals surface area contributed by atoms with Gasteiger partial charge >= 0.3 is 6.36 Å². The molecule has 1 aliphatic rings. The third-order valence-corrected chi connectivity index (χ3v) is 4.12. The molecular weight excluding hydrogens is 395 g/mol. The molecule has 0 bridgehead atoms. The lowest BCUT2D eigenvalue weighted by Crippen LogP contribution is -2.34. The number of aromatic nitrogens is 2. The summed E-state index contributed by atoms with van der Waals surface area (Å²) in [6, 6.07) is 7.65. The van der Waals surface area contributed by atoms with Crippen LogP contribution in [0.2, 0.25) is 0 Å². The zero-order valence-electron chi connectivity index (χ0n) is 15.1. The molecule has 0 saturated carbocycles. The number of amides is 1. The van der Waals surface area contributed by atoms with Crippen molar-refractivity contribution in [2.24, 2.45) is 0 Å². The fourth-order valence-corrected chi connectivity index (χ4v) is 2.73. The van der Waals surface area contributed by atoms with Gasteiger partial charge in [-0.1, -0.05) is 12.1 Å². The maximum Gasteiger partial charge on any atom is 0.573 e. The van der Waals surface area contributed by atoms with Crippen LogP contribution in [0.5, 0.6) is 17.4 Å². The standard InChI is InChI=1S/C18H18F3N3O5/c19-18(20,21)29-15-5-7-22-23-17(15)28-14-6-8-24(9-14)16(26)11-27-13-3-1-12(10-25)2-4-13/h1-5,7,14,25H,6,8-11H2. The Morgan fingerprint density at radius 2 is 2.00 bits per heavy atom. The van der Waals surface area contributed by atoms with Crippen LogP contribution in [0.25, 0.3) is 0 Å². The van der Waals surface area contributed by atoms with E-state index in [0.717, 1.165) is 17.8 Å². The van der Waals surface area contributed by atoms with E-state index in [1.165, 1.54) is 4.90 Å². The number of aliphatic hydroxyl groups is 1. The lowest BCUT2D eigenvalue weighted by molar-refractivity contribution is -0.275. The number of carbonyl (C=O) groups is 1. The average molecular weight is 413 g/mol. The molecule has 1 amide bonds. The van der Waals surface area contributed by atoms with E-state index in [-0.39, 0.29) is 31.5 Å². The predicted octanol–water partition coefficient (Wildman–Crippen LogP) is 1.93. The Hall–Kier alpha value is -3.08. The number of aliphatic hydroxyl groups excluding tert-OH is 1. The third-order valence-electron chi connectivity index (χ3n) is 4.12. The molecule has 1 aromatic heterocycles. The second kappa shape index (κ2) is 8.95. The summed E-state index contributed by atoms with van der Waals surface area (Å²) < 4.78 is 52.2. The number of nitrogens with zero attached hydrogens (tertiary/aromatic N) is 3. The van der Waals surface area contributed by atoms with Gasteiger partial charge in [0.05, 0.1) is 19.3 Å². The number of benzene rings is 1. The lowest BCUT2D eigenvalue weighted by Gasteiger charge is -2.18. The van der Waals surface area contributed by atoms with Gasteiger partial charge in [-0.05, 0) is 17.7 Å². The monoisotopic (exact) mass is 413 g/mol. The van der Waals surface area contributed by atoms with E-state index < -0.39 is 18.2 Å². The molecule has 1 N–H and O–H groups in total. The molecule has 156 valence electrons. The van der Waals surface area contributed by atoms with Gasteiger partial charge in [0, 0.05) is 19.0 Å². The van der Waals surface area contributed by atoms with Crippen LogP contribution in [-0.4, -0.2) is 58.3 Å². The molecule has 2 aromatic rings. The number of hydrogen-bond donors (Lipinski definition) is 1. The van der Waals surface area contributed by atoms with Crippen molar-refractivity contribution in [3.8, 4) is 17.4 Å². The summed E-state index contributed by atoms with van der Waals surface area (Å²) in [7, 11) is 0. The number of halogens is 3. The Labute approximate surface area is 163 Å². The van der Waals surface area contributed by atoms with Crippen LogP contribution < -0.4 is 14.2 Å². The first-order valence-corrected chi connectivity index (χ1v) is 8.68. The van der Waals surface area contributed by atoms with Gasteiger partial charge in [0.15, 0.2) is 12.4 Å². The van der Waals surface area contributed by atoms with Crippen LogP contribution >= 0.6 is 0 Å². The van der Waals surface area contributed by atoms with Gasteiger partial charge in [-0.2, -0.15) is 5.10 Å². The minimum atomic E-state index is -4.88. The van der Waals surface area contributed by atoms with Gasteiger partial charge < -0.3 is 24.2 Å². The van der Waals surface area contributed by atoms with Gasteiger partial charge in [0.1, 0.15) is 11.9 Å². The Morgan fingerprint density at radius 3 is 2.69 bits per heavy atom. The zero-order chi connectivity index (χ0) is 20.9. The molecule has 0 aliphatic carbocycles. The second-order valence-corrected chi connectivity index (χ2v) is 6.21. The summed E-state index contributed by atoms with van der Waals surface area (Å²) >= 11 is 0. The highest BCUT2D eigenvalue weighted by Crippen LogP contribution is 2.31. The number of likely N-dealkylation sites (tertiary alicyclic amines) is 1. The normalized spacial score (nSPS) is 16.6. The largest absolute Gasteiger partial charge is 0.573 e. The second-order valence-electron chi connectivity index (χ2n) is 6.21.